The summed E-state index contributed by atoms with van der Waals surface area (Å²) in [5.74, 6) is 0.651. The van der Waals surface area contributed by atoms with Gasteiger partial charge < -0.3 is 23.7 Å². The molecule has 28 heavy (non-hydrogen) atoms. The molecule has 148 valence electrons. The van der Waals surface area contributed by atoms with Crippen molar-refractivity contribution < 1.29 is 19.3 Å². The number of fused-ring (bicyclic) bond motifs is 3. The number of aliphatic hydroxyl groups excluding tert-OH is 1. The molecule has 0 saturated heterocycles. The van der Waals surface area contributed by atoms with Gasteiger partial charge in [-0.1, -0.05) is 30.3 Å². The fourth-order valence-corrected chi connectivity index (χ4v) is 3.85. The molecule has 3 aromatic rings. The zero-order valence-electron chi connectivity index (χ0n) is 16.7. The van der Waals surface area contributed by atoms with E-state index in [2.05, 4.69) is 0 Å². The Bertz CT molecular complexity index is 985. The SMILES string of the molecule is COCCO[C@@]1(C)c2ccn3c(C)c(C)nc3c2O[C@H](c2ccccc2)[C@H]1O. The number of nitrogens with zero attached hydrogens (tertiary/aromatic N) is 2. The molecule has 0 amide bonds. The number of rotatable bonds is 5. The predicted molar refractivity (Wildman–Crippen MR) is 106 cm³/mol. The van der Waals surface area contributed by atoms with E-state index in [1.807, 2.05) is 67.8 Å². The summed E-state index contributed by atoms with van der Waals surface area (Å²) < 4.78 is 19.7. The monoisotopic (exact) mass is 382 g/mol. The van der Waals surface area contributed by atoms with Crippen LogP contribution in [0.1, 0.15) is 35.5 Å². The van der Waals surface area contributed by atoms with E-state index < -0.39 is 17.8 Å². The highest BCUT2D eigenvalue weighted by Crippen LogP contribution is 2.48. The lowest BCUT2D eigenvalue weighted by atomic mass is 9.82. The lowest BCUT2D eigenvalue weighted by molar-refractivity contribution is -0.171. The van der Waals surface area contributed by atoms with E-state index in [9.17, 15) is 5.11 Å². The summed E-state index contributed by atoms with van der Waals surface area (Å²) in [6.07, 6.45) is 0.504. The van der Waals surface area contributed by atoms with Crippen LogP contribution in [-0.2, 0) is 15.1 Å². The molecule has 6 heteroatoms. The third kappa shape index (κ3) is 2.89. The van der Waals surface area contributed by atoms with Crippen LogP contribution in [0.5, 0.6) is 5.75 Å². The lowest BCUT2D eigenvalue weighted by Gasteiger charge is -2.44. The summed E-state index contributed by atoms with van der Waals surface area (Å²) in [4.78, 5) is 4.72. The van der Waals surface area contributed by atoms with Gasteiger partial charge in [-0.25, -0.2) is 4.98 Å². The van der Waals surface area contributed by atoms with Crippen LogP contribution in [0.4, 0.5) is 0 Å². The van der Waals surface area contributed by atoms with Crippen LogP contribution < -0.4 is 4.74 Å². The zero-order valence-corrected chi connectivity index (χ0v) is 16.7. The fraction of sp³-hybridized carbons (Fsp3) is 0.409. The van der Waals surface area contributed by atoms with Crippen LogP contribution in [0.3, 0.4) is 0 Å². The van der Waals surface area contributed by atoms with Crippen molar-refractivity contribution in [3.05, 3.63) is 65.1 Å². The first-order chi connectivity index (χ1) is 13.5. The Hall–Kier alpha value is -2.41. The highest BCUT2D eigenvalue weighted by Gasteiger charge is 2.49. The maximum absolute atomic E-state index is 11.3. The molecule has 4 rings (SSSR count). The van der Waals surface area contributed by atoms with Crippen molar-refractivity contribution in [2.45, 2.75) is 38.6 Å². The smallest absolute Gasteiger partial charge is 0.180 e. The van der Waals surface area contributed by atoms with Gasteiger partial charge in [-0.2, -0.15) is 0 Å². The van der Waals surface area contributed by atoms with Crippen LogP contribution in [0, 0.1) is 13.8 Å². The molecular weight excluding hydrogens is 356 g/mol. The number of hydrogen-bond acceptors (Lipinski definition) is 5. The maximum atomic E-state index is 11.3. The van der Waals surface area contributed by atoms with Gasteiger partial charge in [-0.15, -0.1) is 0 Å². The molecule has 0 fully saturated rings. The molecule has 0 bridgehead atoms. The first kappa shape index (κ1) is 18.9. The van der Waals surface area contributed by atoms with Crippen molar-refractivity contribution in [1.82, 2.24) is 9.38 Å². The van der Waals surface area contributed by atoms with Crippen molar-refractivity contribution in [3.8, 4) is 5.75 Å². The quantitative estimate of drug-likeness (QED) is 0.686. The molecule has 6 nitrogen and oxygen atoms in total. The van der Waals surface area contributed by atoms with Crippen molar-refractivity contribution in [1.29, 1.82) is 0 Å². The van der Waals surface area contributed by atoms with E-state index in [0.29, 0.717) is 19.0 Å². The standard InChI is InChI=1S/C22H26N2O4/c1-14-15(2)24-11-10-17-19(21(24)23-14)28-18(16-8-6-5-7-9-16)20(25)22(17,3)27-13-12-26-4/h5-11,18,20,25H,12-13H2,1-4H3/t18-,20-,22+/m1/s1. The Morgan fingerprint density at radius 1 is 1.18 bits per heavy atom. The molecule has 3 heterocycles. The minimum absolute atomic E-state index is 0.364. The topological polar surface area (TPSA) is 65.2 Å². The summed E-state index contributed by atoms with van der Waals surface area (Å²) in [5, 5.41) is 11.3. The van der Waals surface area contributed by atoms with Gasteiger partial charge in [0.1, 0.15) is 11.7 Å². The third-order valence-electron chi connectivity index (χ3n) is 5.67. The molecule has 0 unspecified atom stereocenters. The first-order valence-electron chi connectivity index (χ1n) is 9.48. The Kier molecular flexibility index (Phi) is 4.87. The number of benzene rings is 1. The summed E-state index contributed by atoms with van der Waals surface area (Å²) in [6.45, 7) is 6.72. The lowest BCUT2D eigenvalue weighted by Crippen LogP contribution is -2.48. The second-order valence-electron chi connectivity index (χ2n) is 7.38. The van der Waals surface area contributed by atoms with Gasteiger partial charge >= 0.3 is 0 Å². The highest BCUT2D eigenvalue weighted by molar-refractivity contribution is 5.63. The average molecular weight is 382 g/mol. The number of pyridine rings is 1. The van der Waals surface area contributed by atoms with Crippen LogP contribution in [0.25, 0.3) is 5.65 Å². The normalized spacial score (nSPS) is 24.2. The zero-order chi connectivity index (χ0) is 19.9. The number of aromatic nitrogens is 2. The third-order valence-corrected chi connectivity index (χ3v) is 5.67. The summed E-state index contributed by atoms with van der Waals surface area (Å²) in [7, 11) is 1.63. The number of aliphatic hydroxyl groups is 1. The van der Waals surface area contributed by atoms with Crippen molar-refractivity contribution >= 4 is 5.65 Å². The molecule has 2 aromatic heterocycles. The van der Waals surface area contributed by atoms with Gasteiger partial charge in [0.05, 0.1) is 18.9 Å². The first-order valence-corrected chi connectivity index (χ1v) is 9.48. The average Bonchev–Trinajstić information content (AvgIpc) is 3.00. The summed E-state index contributed by atoms with van der Waals surface area (Å²) in [6, 6.07) is 11.7. The van der Waals surface area contributed by atoms with E-state index in [1.54, 1.807) is 7.11 Å². The van der Waals surface area contributed by atoms with Crippen LogP contribution >= 0.6 is 0 Å². The molecule has 1 aliphatic rings. The van der Waals surface area contributed by atoms with Gasteiger partial charge in [0.2, 0.25) is 0 Å². The molecule has 1 N–H and O–H groups in total. The molecule has 1 aliphatic heterocycles. The van der Waals surface area contributed by atoms with Gasteiger partial charge in [-0.3, -0.25) is 0 Å². The predicted octanol–water partition coefficient (Wildman–Crippen LogP) is 3.32. The van der Waals surface area contributed by atoms with Gasteiger partial charge in [0, 0.05) is 24.6 Å². The molecule has 0 radical (unpaired) electrons. The van der Waals surface area contributed by atoms with E-state index in [4.69, 9.17) is 19.2 Å². The number of ether oxygens (including phenoxy) is 3. The van der Waals surface area contributed by atoms with E-state index >= 15 is 0 Å². The molecule has 0 spiro atoms. The number of methoxy groups -OCH3 is 1. The highest BCUT2D eigenvalue weighted by atomic mass is 16.6. The van der Waals surface area contributed by atoms with Crippen LogP contribution in [0.2, 0.25) is 0 Å². The maximum Gasteiger partial charge on any atom is 0.180 e. The van der Waals surface area contributed by atoms with Crippen molar-refractivity contribution in [2.24, 2.45) is 0 Å². The Labute approximate surface area is 164 Å². The van der Waals surface area contributed by atoms with Gasteiger partial charge in [-0.05, 0) is 32.4 Å². The van der Waals surface area contributed by atoms with Gasteiger partial charge in [0.15, 0.2) is 17.5 Å². The molecule has 1 aromatic carbocycles. The fourth-order valence-electron chi connectivity index (χ4n) is 3.85. The number of hydrogen-bond donors (Lipinski definition) is 1. The van der Waals surface area contributed by atoms with Crippen molar-refractivity contribution in [3.63, 3.8) is 0 Å². The van der Waals surface area contributed by atoms with Gasteiger partial charge in [0.25, 0.3) is 0 Å². The Morgan fingerprint density at radius 2 is 1.93 bits per heavy atom. The molecule has 3 atom stereocenters. The molecular formula is C22H26N2O4. The van der Waals surface area contributed by atoms with E-state index in [-0.39, 0.29) is 0 Å². The van der Waals surface area contributed by atoms with Crippen LogP contribution in [-0.4, -0.2) is 40.9 Å². The van der Waals surface area contributed by atoms with Crippen LogP contribution in [0.15, 0.2) is 42.6 Å². The molecule has 0 aliphatic carbocycles. The van der Waals surface area contributed by atoms with E-state index in [1.165, 1.54) is 0 Å². The Balaban J connectivity index is 1.89. The summed E-state index contributed by atoms with van der Waals surface area (Å²) in [5.41, 5.74) is 3.47. The largest absolute Gasteiger partial charge is 0.479 e. The second-order valence-corrected chi connectivity index (χ2v) is 7.38. The van der Waals surface area contributed by atoms with E-state index in [0.717, 1.165) is 28.2 Å². The summed E-state index contributed by atoms with van der Waals surface area (Å²) >= 11 is 0. The number of imidazole rings is 1. The van der Waals surface area contributed by atoms with Crippen molar-refractivity contribution in [2.75, 3.05) is 20.3 Å². The number of aryl methyl sites for hydroxylation is 2. The molecule has 0 saturated carbocycles. The Morgan fingerprint density at radius 3 is 2.64 bits per heavy atom. The minimum atomic E-state index is -0.956. The second kappa shape index (κ2) is 7.20. The minimum Gasteiger partial charge on any atom is -0.479 e.